The van der Waals surface area contributed by atoms with E-state index in [0.717, 1.165) is 18.2 Å². The Morgan fingerprint density at radius 2 is 1.84 bits per heavy atom. The molecule has 0 amide bonds. The summed E-state index contributed by atoms with van der Waals surface area (Å²) in [7, 11) is -4.27. The van der Waals surface area contributed by atoms with E-state index in [4.69, 9.17) is 20.5 Å². The van der Waals surface area contributed by atoms with Crippen LogP contribution in [0.25, 0.3) is 0 Å². The molecule has 2 aromatic rings. The number of nitro groups is 1. The number of nitrogens with zero attached hydrogens (tertiary/aromatic N) is 1. The largest absolute Gasteiger partial charge is 0.462 e. The molecule has 0 radical (unpaired) electrons. The lowest BCUT2D eigenvalue weighted by Gasteiger charge is -2.11. The number of hydrogen-bond donors (Lipinski definition) is 0. The van der Waals surface area contributed by atoms with Gasteiger partial charge < -0.3 is 8.92 Å². The Hall–Kier alpha value is -2.65. The summed E-state index contributed by atoms with van der Waals surface area (Å²) in [5, 5.41) is 11.2. The first kappa shape index (κ1) is 18.7. The molecule has 0 aliphatic carbocycles. The molecule has 0 aliphatic rings. The number of carbonyl (C=O) groups excluding carboxylic acids is 1. The molecule has 10 heteroatoms. The molecule has 0 atom stereocenters. The van der Waals surface area contributed by atoms with Crippen molar-refractivity contribution in [1.82, 2.24) is 0 Å². The van der Waals surface area contributed by atoms with E-state index in [1.807, 2.05) is 0 Å². The van der Waals surface area contributed by atoms with E-state index < -0.39 is 26.7 Å². The predicted octanol–water partition coefficient (Wildman–Crippen LogP) is 3.19. The first-order valence-electron chi connectivity index (χ1n) is 6.90. The van der Waals surface area contributed by atoms with Crippen molar-refractivity contribution in [2.24, 2.45) is 0 Å². The van der Waals surface area contributed by atoms with Crippen LogP contribution in [0.1, 0.15) is 17.3 Å². The van der Waals surface area contributed by atoms with Crippen LogP contribution in [-0.4, -0.2) is 25.9 Å². The highest BCUT2D eigenvalue weighted by Gasteiger charge is 2.24. The van der Waals surface area contributed by atoms with Crippen molar-refractivity contribution in [3.05, 3.63) is 63.2 Å². The SMILES string of the molecule is CCOC(=O)c1cc([N+](=O)[O-])ccc1OS(=O)(=O)c1ccc(Cl)cc1. The van der Waals surface area contributed by atoms with Crippen LogP contribution in [0.4, 0.5) is 5.69 Å². The summed E-state index contributed by atoms with van der Waals surface area (Å²) in [4.78, 5) is 21.9. The second kappa shape index (κ2) is 7.49. The van der Waals surface area contributed by atoms with E-state index in [-0.39, 0.29) is 22.8 Å². The zero-order valence-corrected chi connectivity index (χ0v) is 14.4. The number of rotatable bonds is 6. The monoisotopic (exact) mass is 385 g/mol. The summed E-state index contributed by atoms with van der Waals surface area (Å²) < 4.78 is 34.4. The molecule has 0 saturated heterocycles. The zero-order valence-electron chi connectivity index (χ0n) is 12.8. The Morgan fingerprint density at radius 3 is 2.40 bits per heavy atom. The van der Waals surface area contributed by atoms with Gasteiger partial charge in [0.2, 0.25) is 0 Å². The van der Waals surface area contributed by atoms with Gasteiger partial charge >= 0.3 is 16.1 Å². The Balaban J connectivity index is 2.45. The van der Waals surface area contributed by atoms with E-state index >= 15 is 0 Å². The highest BCUT2D eigenvalue weighted by atomic mass is 35.5. The van der Waals surface area contributed by atoms with Crippen LogP contribution < -0.4 is 4.18 Å². The molecule has 0 aromatic heterocycles. The maximum absolute atomic E-state index is 12.3. The average Bonchev–Trinajstić information content (AvgIpc) is 2.55. The number of benzene rings is 2. The van der Waals surface area contributed by atoms with Crippen LogP contribution in [-0.2, 0) is 14.9 Å². The lowest BCUT2D eigenvalue weighted by molar-refractivity contribution is -0.384. The minimum absolute atomic E-state index is 0.00486. The highest BCUT2D eigenvalue weighted by molar-refractivity contribution is 7.87. The van der Waals surface area contributed by atoms with Gasteiger partial charge in [0.15, 0.2) is 5.75 Å². The van der Waals surface area contributed by atoms with Crippen LogP contribution >= 0.6 is 11.6 Å². The van der Waals surface area contributed by atoms with Crippen molar-refractivity contribution in [1.29, 1.82) is 0 Å². The lowest BCUT2D eigenvalue weighted by Crippen LogP contribution is -2.14. The fraction of sp³-hybridized carbons (Fsp3) is 0.133. The fourth-order valence-corrected chi connectivity index (χ4v) is 2.91. The molecule has 0 unspecified atom stereocenters. The lowest BCUT2D eigenvalue weighted by atomic mass is 10.2. The molecule has 0 aliphatic heterocycles. The molecule has 25 heavy (non-hydrogen) atoms. The van der Waals surface area contributed by atoms with Gasteiger partial charge in [-0.3, -0.25) is 10.1 Å². The molecule has 0 N–H and O–H groups in total. The molecule has 0 heterocycles. The molecule has 0 bridgehead atoms. The van der Waals surface area contributed by atoms with Gasteiger partial charge in [0, 0.05) is 17.2 Å². The van der Waals surface area contributed by atoms with E-state index in [0.29, 0.717) is 5.02 Å². The molecule has 2 aromatic carbocycles. The number of ether oxygens (including phenoxy) is 1. The predicted molar refractivity (Wildman–Crippen MR) is 88.3 cm³/mol. The van der Waals surface area contributed by atoms with Crippen LogP contribution in [0.15, 0.2) is 47.4 Å². The van der Waals surface area contributed by atoms with Crippen molar-refractivity contribution in [2.75, 3.05) is 6.61 Å². The third kappa shape index (κ3) is 4.46. The summed E-state index contributed by atoms with van der Waals surface area (Å²) >= 11 is 5.71. The first-order valence-corrected chi connectivity index (χ1v) is 8.69. The second-order valence-corrected chi connectivity index (χ2v) is 6.63. The summed E-state index contributed by atoms with van der Waals surface area (Å²) in [5.74, 6) is -1.31. The Labute approximate surface area is 148 Å². The van der Waals surface area contributed by atoms with E-state index in [2.05, 4.69) is 0 Å². The Morgan fingerprint density at radius 1 is 1.20 bits per heavy atom. The van der Waals surface area contributed by atoms with Crippen molar-refractivity contribution >= 4 is 33.4 Å². The number of esters is 1. The highest BCUT2D eigenvalue weighted by Crippen LogP contribution is 2.28. The standard InChI is InChI=1S/C15H12ClNO7S/c1-2-23-15(18)13-9-11(17(19)20)5-8-14(13)24-25(21,22)12-6-3-10(16)4-7-12/h3-9H,2H2,1H3. The van der Waals surface area contributed by atoms with Crippen molar-refractivity contribution in [3.8, 4) is 5.75 Å². The van der Waals surface area contributed by atoms with Gasteiger partial charge in [0.25, 0.3) is 5.69 Å². The number of hydrogen-bond acceptors (Lipinski definition) is 7. The summed E-state index contributed by atoms with van der Waals surface area (Å²) in [5.41, 5.74) is -0.770. The number of halogens is 1. The van der Waals surface area contributed by atoms with Crippen molar-refractivity contribution in [2.45, 2.75) is 11.8 Å². The van der Waals surface area contributed by atoms with Gasteiger partial charge in [-0.15, -0.1) is 0 Å². The minimum Gasteiger partial charge on any atom is -0.462 e. The van der Waals surface area contributed by atoms with Gasteiger partial charge in [-0.05, 0) is 37.3 Å². The molecule has 132 valence electrons. The maximum atomic E-state index is 12.3. The maximum Gasteiger partial charge on any atom is 0.342 e. The minimum atomic E-state index is -4.27. The molecular formula is C15H12ClNO7S. The summed E-state index contributed by atoms with van der Waals surface area (Å²) in [6.07, 6.45) is 0. The molecule has 0 spiro atoms. The third-order valence-corrected chi connectivity index (χ3v) is 4.47. The summed E-state index contributed by atoms with van der Waals surface area (Å²) in [6, 6.07) is 8.12. The zero-order chi connectivity index (χ0) is 18.6. The van der Waals surface area contributed by atoms with E-state index in [1.54, 1.807) is 6.92 Å². The van der Waals surface area contributed by atoms with Crippen molar-refractivity contribution in [3.63, 3.8) is 0 Å². The molecular weight excluding hydrogens is 374 g/mol. The summed E-state index contributed by atoms with van der Waals surface area (Å²) in [6.45, 7) is 1.55. The quantitative estimate of drug-likeness (QED) is 0.324. The van der Waals surface area contributed by atoms with Crippen LogP contribution in [0.3, 0.4) is 0 Å². The van der Waals surface area contributed by atoms with Crippen LogP contribution in [0.2, 0.25) is 5.02 Å². The average molecular weight is 386 g/mol. The first-order chi connectivity index (χ1) is 11.7. The topological polar surface area (TPSA) is 113 Å². The van der Waals surface area contributed by atoms with Gasteiger partial charge in [-0.25, -0.2) is 4.79 Å². The van der Waals surface area contributed by atoms with Crippen LogP contribution in [0, 0.1) is 10.1 Å². The molecule has 8 nitrogen and oxygen atoms in total. The number of carbonyl (C=O) groups is 1. The smallest absolute Gasteiger partial charge is 0.342 e. The number of non-ortho nitro benzene ring substituents is 1. The van der Waals surface area contributed by atoms with Gasteiger partial charge in [0.1, 0.15) is 10.5 Å². The van der Waals surface area contributed by atoms with E-state index in [1.165, 1.54) is 24.3 Å². The molecule has 2 rings (SSSR count). The van der Waals surface area contributed by atoms with Gasteiger partial charge in [0.05, 0.1) is 11.5 Å². The third-order valence-electron chi connectivity index (χ3n) is 2.97. The number of nitro benzene ring substituents is 1. The van der Waals surface area contributed by atoms with Gasteiger partial charge in [-0.1, -0.05) is 11.6 Å². The molecule has 0 saturated carbocycles. The normalized spacial score (nSPS) is 11.0. The van der Waals surface area contributed by atoms with E-state index in [9.17, 15) is 23.3 Å². The Bertz CT molecular complexity index is 910. The molecule has 0 fully saturated rings. The Kier molecular flexibility index (Phi) is 5.60. The van der Waals surface area contributed by atoms with Crippen molar-refractivity contribution < 1.29 is 27.1 Å². The van der Waals surface area contributed by atoms with Crippen LogP contribution in [0.5, 0.6) is 5.75 Å². The fourth-order valence-electron chi connectivity index (χ4n) is 1.84. The van der Waals surface area contributed by atoms with Gasteiger partial charge in [-0.2, -0.15) is 8.42 Å². The second-order valence-electron chi connectivity index (χ2n) is 4.65.